The molecule has 0 radical (unpaired) electrons. The highest BCUT2D eigenvalue weighted by Crippen LogP contribution is 2.50. The molecule has 1 aromatic rings. The maximum atomic E-state index is 5.66. The van der Waals surface area contributed by atoms with Crippen molar-refractivity contribution in [1.29, 1.82) is 0 Å². The predicted octanol–water partition coefficient (Wildman–Crippen LogP) is 2.84. The van der Waals surface area contributed by atoms with Crippen LogP contribution in [0.3, 0.4) is 0 Å². The van der Waals surface area contributed by atoms with Gasteiger partial charge in [0, 0.05) is 5.69 Å². The second kappa shape index (κ2) is 5.09. The molecule has 0 aliphatic heterocycles. The average molecular weight is 232 g/mol. The smallest absolute Gasteiger partial charge is 0.0314 e. The molecule has 1 unspecified atom stereocenters. The van der Waals surface area contributed by atoms with Crippen LogP contribution in [0, 0.1) is 11.3 Å². The lowest BCUT2D eigenvalue weighted by atomic mass is 10.1. The zero-order valence-corrected chi connectivity index (χ0v) is 11.0. The first-order chi connectivity index (χ1) is 8.08. The fourth-order valence-electron chi connectivity index (χ4n) is 2.30. The van der Waals surface area contributed by atoms with E-state index in [2.05, 4.69) is 31.3 Å². The van der Waals surface area contributed by atoms with Gasteiger partial charge in [0.25, 0.3) is 0 Å². The molecular formula is C15H24N2. The largest absolute Gasteiger partial charge is 0.399 e. The van der Waals surface area contributed by atoms with Gasteiger partial charge in [0.05, 0.1) is 0 Å². The van der Waals surface area contributed by atoms with E-state index in [1.165, 1.54) is 24.9 Å². The molecule has 2 rings (SSSR count). The first kappa shape index (κ1) is 12.4. The van der Waals surface area contributed by atoms with Gasteiger partial charge in [0.15, 0.2) is 0 Å². The van der Waals surface area contributed by atoms with E-state index >= 15 is 0 Å². The summed E-state index contributed by atoms with van der Waals surface area (Å²) in [6.07, 6.45) is 3.73. The number of hydrogen-bond acceptors (Lipinski definition) is 2. The van der Waals surface area contributed by atoms with Crippen molar-refractivity contribution in [3.8, 4) is 0 Å². The van der Waals surface area contributed by atoms with Gasteiger partial charge >= 0.3 is 0 Å². The van der Waals surface area contributed by atoms with Crippen LogP contribution >= 0.6 is 0 Å². The number of nitrogens with two attached hydrogens (primary N) is 1. The van der Waals surface area contributed by atoms with E-state index in [-0.39, 0.29) is 0 Å². The lowest BCUT2D eigenvalue weighted by Gasteiger charge is -2.06. The third kappa shape index (κ3) is 3.74. The highest BCUT2D eigenvalue weighted by Gasteiger charge is 2.44. The summed E-state index contributed by atoms with van der Waals surface area (Å²) in [6.45, 7) is 7.02. The summed E-state index contributed by atoms with van der Waals surface area (Å²) >= 11 is 0. The molecule has 1 aromatic carbocycles. The second-order valence-corrected chi connectivity index (χ2v) is 5.94. The van der Waals surface area contributed by atoms with Gasteiger partial charge in [-0.3, -0.25) is 0 Å². The molecule has 0 spiro atoms. The summed E-state index contributed by atoms with van der Waals surface area (Å²) in [5.74, 6) is 0.902. The second-order valence-electron chi connectivity index (χ2n) is 5.94. The van der Waals surface area contributed by atoms with Crippen LogP contribution in [-0.2, 0) is 6.42 Å². The van der Waals surface area contributed by atoms with Crippen molar-refractivity contribution in [2.75, 3.05) is 18.8 Å². The molecule has 2 nitrogen and oxygen atoms in total. The normalized spacial score (nSPS) is 21.4. The minimum Gasteiger partial charge on any atom is -0.399 e. The van der Waals surface area contributed by atoms with Gasteiger partial charge in [-0.15, -0.1) is 0 Å². The van der Waals surface area contributed by atoms with Crippen molar-refractivity contribution in [3.63, 3.8) is 0 Å². The van der Waals surface area contributed by atoms with Gasteiger partial charge in [0.1, 0.15) is 0 Å². The maximum Gasteiger partial charge on any atom is 0.0314 e. The molecule has 0 heterocycles. The summed E-state index contributed by atoms with van der Waals surface area (Å²) in [5.41, 5.74) is 8.49. The number of nitrogen functional groups attached to an aromatic ring is 1. The molecule has 0 bridgehead atoms. The third-order valence-corrected chi connectivity index (χ3v) is 3.91. The Hall–Kier alpha value is -1.02. The summed E-state index contributed by atoms with van der Waals surface area (Å²) in [6, 6.07) is 8.21. The molecule has 1 atom stereocenters. The van der Waals surface area contributed by atoms with Crippen molar-refractivity contribution in [3.05, 3.63) is 29.8 Å². The van der Waals surface area contributed by atoms with Gasteiger partial charge in [-0.25, -0.2) is 0 Å². The van der Waals surface area contributed by atoms with Crippen LogP contribution in [0.4, 0.5) is 5.69 Å². The lowest BCUT2D eigenvalue weighted by Crippen LogP contribution is -2.20. The molecule has 1 saturated carbocycles. The van der Waals surface area contributed by atoms with Crippen molar-refractivity contribution >= 4 is 5.69 Å². The number of hydrogen-bond donors (Lipinski definition) is 2. The van der Waals surface area contributed by atoms with Crippen LogP contribution in [0.2, 0.25) is 0 Å². The van der Waals surface area contributed by atoms with Gasteiger partial charge in [0.2, 0.25) is 0 Å². The van der Waals surface area contributed by atoms with E-state index < -0.39 is 0 Å². The molecule has 1 aliphatic rings. The van der Waals surface area contributed by atoms with Crippen LogP contribution in [0.15, 0.2) is 24.3 Å². The van der Waals surface area contributed by atoms with Crippen LogP contribution in [0.25, 0.3) is 0 Å². The first-order valence-corrected chi connectivity index (χ1v) is 6.63. The topological polar surface area (TPSA) is 38.0 Å². The van der Waals surface area contributed by atoms with E-state index in [4.69, 9.17) is 5.73 Å². The zero-order chi connectivity index (χ0) is 12.3. The molecule has 17 heavy (non-hydrogen) atoms. The molecule has 0 saturated heterocycles. The Morgan fingerprint density at radius 2 is 1.94 bits per heavy atom. The van der Waals surface area contributed by atoms with Crippen LogP contribution in [0.5, 0.6) is 0 Å². The van der Waals surface area contributed by atoms with Gasteiger partial charge in [-0.05, 0) is 61.4 Å². The van der Waals surface area contributed by atoms with E-state index in [9.17, 15) is 0 Å². The van der Waals surface area contributed by atoms with Gasteiger partial charge < -0.3 is 11.1 Å². The van der Waals surface area contributed by atoms with Gasteiger partial charge in [-0.1, -0.05) is 26.0 Å². The predicted molar refractivity (Wildman–Crippen MR) is 73.9 cm³/mol. The highest BCUT2D eigenvalue weighted by molar-refractivity contribution is 5.39. The molecule has 0 amide bonds. The van der Waals surface area contributed by atoms with Crippen LogP contribution in [-0.4, -0.2) is 13.1 Å². The monoisotopic (exact) mass is 232 g/mol. The summed E-state index contributed by atoms with van der Waals surface area (Å²) in [5, 5.41) is 3.56. The Morgan fingerprint density at radius 1 is 1.29 bits per heavy atom. The minimum atomic E-state index is 0.601. The van der Waals surface area contributed by atoms with E-state index in [1.54, 1.807) is 0 Å². The molecule has 0 aromatic heterocycles. The molecule has 2 heteroatoms. The molecule has 3 N–H and O–H groups in total. The standard InChI is InChI=1S/C15H24N2/c1-15(2)10-13(15)11-17-9-3-4-12-5-7-14(16)8-6-12/h5-8,13,17H,3-4,9-11,16H2,1-2H3. The van der Waals surface area contributed by atoms with E-state index in [0.717, 1.165) is 24.6 Å². The first-order valence-electron chi connectivity index (χ1n) is 6.63. The van der Waals surface area contributed by atoms with Crippen molar-refractivity contribution < 1.29 is 0 Å². The number of rotatable bonds is 6. The quantitative estimate of drug-likeness (QED) is 0.584. The van der Waals surface area contributed by atoms with Crippen LogP contribution < -0.4 is 11.1 Å². The summed E-state index contributed by atoms with van der Waals surface area (Å²) in [7, 11) is 0. The van der Waals surface area contributed by atoms with Crippen LogP contribution in [0.1, 0.15) is 32.3 Å². The third-order valence-electron chi connectivity index (χ3n) is 3.91. The fourth-order valence-corrected chi connectivity index (χ4v) is 2.30. The Balaban J connectivity index is 1.56. The lowest BCUT2D eigenvalue weighted by molar-refractivity contribution is 0.515. The van der Waals surface area contributed by atoms with E-state index in [1.807, 2.05) is 12.1 Å². The molecule has 1 fully saturated rings. The van der Waals surface area contributed by atoms with Crippen molar-refractivity contribution in [2.24, 2.45) is 11.3 Å². The van der Waals surface area contributed by atoms with Crippen molar-refractivity contribution in [2.45, 2.75) is 33.1 Å². The number of aryl methyl sites for hydroxylation is 1. The Labute approximate surface area is 105 Å². The Kier molecular flexibility index (Phi) is 3.72. The van der Waals surface area contributed by atoms with Gasteiger partial charge in [-0.2, -0.15) is 0 Å². The summed E-state index contributed by atoms with van der Waals surface area (Å²) in [4.78, 5) is 0. The maximum absolute atomic E-state index is 5.66. The molecule has 94 valence electrons. The number of benzene rings is 1. The minimum absolute atomic E-state index is 0.601. The Bertz CT molecular complexity index is 354. The highest BCUT2D eigenvalue weighted by atomic mass is 14.9. The average Bonchev–Trinajstić information content (AvgIpc) is 2.89. The number of anilines is 1. The molecule has 1 aliphatic carbocycles. The SMILES string of the molecule is CC1(C)CC1CNCCCc1ccc(N)cc1. The molecular weight excluding hydrogens is 208 g/mol. The number of nitrogens with one attached hydrogen (secondary N) is 1. The summed E-state index contributed by atoms with van der Waals surface area (Å²) < 4.78 is 0. The Morgan fingerprint density at radius 3 is 2.53 bits per heavy atom. The van der Waals surface area contributed by atoms with Crippen molar-refractivity contribution in [1.82, 2.24) is 5.32 Å². The van der Waals surface area contributed by atoms with E-state index in [0.29, 0.717) is 5.41 Å². The zero-order valence-electron chi connectivity index (χ0n) is 11.0. The fraction of sp³-hybridized carbons (Fsp3) is 0.600.